The van der Waals surface area contributed by atoms with Crippen LogP contribution in [0.25, 0.3) is 11.4 Å². The lowest BCUT2D eigenvalue weighted by Crippen LogP contribution is -2.07. The van der Waals surface area contributed by atoms with E-state index < -0.39 is 0 Å². The molecule has 0 aliphatic heterocycles. The molecule has 1 aromatic heterocycles. The Morgan fingerprint density at radius 3 is 2.65 bits per heavy atom. The Labute approximate surface area is 119 Å². The Morgan fingerprint density at radius 1 is 1.25 bits per heavy atom. The van der Waals surface area contributed by atoms with Gasteiger partial charge in [-0.1, -0.05) is 0 Å². The molecule has 0 radical (unpaired) electrons. The summed E-state index contributed by atoms with van der Waals surface area (Å²) in [4.78, 5) is 4.47. The lowest BCUT2D eigenvalue weighted by molar-refractivity contribution is 0.311. The van der Waals surface area contributed by atoms with Gasteiger partial charge in [0.25, 0.3) is 0 Å². The van der Waals surface area contributed by atoms with E-state index >= 15 is 0 Å². The molecular weight excluding hydrogens is 254 g/mol. The van der Waals surface area contributed by atoms with Gasteiger partial charge in [0.15, 0.2) is 11.5 Å². The molecule has 0 aliphatic rings. The summed E-state index contributed by atoms with van der Waals surface area (Å²) in [5, 5.41) is 0. The molecule has 20 heavy (non-hydrogen) atoms. The highest BCUT2D eigenvalue weighted by Crippen LogP contribution is 2.32. The van der Waals surface area contributed by atoms with Crippen molar-refractivity contribution in [2.75, 3.05) is 13.7 Å². The van der Waals surface area contributed by atoms with Crippen LogP contribution in [0.1, 0.15) is 19.5 Å². The summed E-state index contributed by atoms with van der Waals surface area (Å²) >= 11 is 0. The zero-order valence-corrected chi connectivity index (χ0v) is 12.2. The highest BCUT2D eigenvalue weighted by atomic mass is 16.5. The molecule has 108 valence electrons. The summed E-state index contributed by atoms with van der Waals surface area (Å²) in [6.45, 7) is 5.94. The van der Waals surface area contributed by atoms with Crippen molar-refractivity contribution in [2.45, 2.75) is 26.9 Å². The maximum Gasteiger partial charge on any atom is 0.161 e. The van der Waals surface area contributed by atoms with Crippen molar-refractivity contribution in [1.82, 2.24) is 9.55 Å². The fourth-order valence-electron chi connectivity index (χ4n) is 2.24. The molecule has 2 rings (SSSR count). The molecular formula is C15H21N3O2. The SMILES string of the molecule is CCOc1cc(-c2ncc(CN)n2CC)ccc1OC. The molecule has 0 unspecified atom stereocenters. The molecule has 1 aromatic carbocycles. The third-order valence-electron chi connectivity index (χ3n) is 3.19. The van der Waals surface area contributed by atoms with Crippen molar-refractivity contribution in [1.29, 1.82) is 0 Å². The van der Waals surface area contributed by atoms with Gasteiger partial charge in [0, 0.05) is 18.7 Å². The van der Waals surface area contributed by atoms with E-state index in [1.165, 1.54) is 0 Å². The highest BCUT2D eigenvalue weighted by molar-refractivity contribution is 5.62. The second-order valence-electron chi connectivity index (χ2n) is 4.32. The Bertz CT molecular complexity index is 578. The van der Waals surface area contributed by atoms with Gasteiger partial charge in [0.1, 0.15) is 5.82 Å². The molecule has 0 atom stereocenters. The quantitative estimate of drug-likeness (QED) is 0.879. The van der Waals surface area contributed by atoms with Gasteiger partial charge in [-0.2, -0.15) is 0 Å². The summed E-state index contributed by atoms with van der Waals surface area (Å²) in [5.74, 6) is 2.35. The van der Waals surface area contributed by atoms with Crippen molar-refractivity contribution in [3.8, 4) is 22.9 Å². The van der Waals surface area contributed by atoms with E-state index in [-0.39, 0.29) is 0 Å². The van der Waals surface area contributed by atoms with Crippen LogP contribution in [-0.4, -0.2) is 23.3 Å². The minimum absolute atomic E-state index is 0.481. The number of hydrogen-bond donors (Lipinski definition) is 1. The zero-order valence-electron chi connectivity index (χ0n) is 12.2. The smallest absolute Gasteiger partial charge is 0.161 e. The molecule has 1 heterocycles. The summed E-state index contributed by atoms with van der Waals surface area (Å²) in [7, 11) is 1.64. The van der Waals surface area contributed by atoms with E-state index in [1.54, 1.807) is 7.11 Å². The van der Waals surface area contributed by atoms with Crippen molar-refractivity contribution in [3.63, 3.8) is 0 Å². The summed E-state index contributed by atoms with van der Waals surface area (Å²) in [5.41, 5.74) is 7.76. The number of aromatic nitrogens is 2. The Hall–Kier alpha value is -2.01. The Balaban J connectivity index is 2.47. The predicted molar refractivity (Wildman–Crippen MR) is 78.9 cm³/mol. The van der Waals surface area contributed by atoms with Crippen LogP contribution in [0.2, 0.25) is 0 Å². The first-order valence-electron chi connectivity index (χ1n) is 6.80. The predicted octanol–water partition coefficient (Wildman–Crippen LogP) is 2.44. The average Bonchev–Trinajstić information content (AvgIpc) is 2.90. The molecule has 0 spiro atoms. The Morgan fingerprint density at radius 2 is 2.05 bits per heavy atom. The van der Waals surface area contributed by atoms with Crippen LogP contribution in [0, 0.1) is 0 Å². The summed E-state index contributed by atoms with van der Waals surface area (Å²) in [6, 6.07) is 5.84. The number of nitrogens with zero attached hydrogens (tertiary/aromatic N) is 2. The number of benzene rings is 1. The molecule has 0 bridgehead atoms. The van der Waals surface area contributed by atoms with E-state index in [9.17, 15) is 0 Å². The lowest BCUT2D eigenvalue weighted by Gasteiger charge is -2.12. The van der Waals surface area contributed by atoms with Gasteiger partial charge in [-0.05, 0) is 32.0 Å². The second kappa shape index (κ2) is 6.43. The van der Waals surface area contributed by atoms with Crippen molar-refractivity contribution in [3.05, 3.63) is 30.1 Å². The number of ether oxygens (including phenoxy) is 2. The molecule has 0 saturated carbocycles. The van der Waals surface area contributed by atoms with Gasteiger partial charge in [0.05, 0.1) is 25.6 Å². The van der Waals surface area contributed by atoms with Crippen LogP contribution in [0.5, 0.6) is 11.5 Å². The minimum Gasteiger partial charge on any atom is -0.493 e. The average molecular weight is 275 g/mol. The fourth-order valence-corrected chi connectivity index (χ4v) is 2.24. The third-order valence-corrected chi connectivity index (χ3v) is 3.19. The molecule has 0 amide bonds. The molecule has 2 N–H and O–H groups in total. The van der Waals surface area contributed by atoms with E-state index in [1.807, 2.05) is 31.3 Å². The monoisotopic (exact) mass is 275 g/mol. The van der Waals surface area contributed by atoms with Gasteiger partial charge < -0.3 is 19.8 Å². The number of methoxy groups -OCH3 is 1. The molecule has 2 aromatic rings. The third kappa shape index (κ3) is 2.63. The zero-order chi connectivity index (χ0) is 14.5. The highest BCUT2D eigenvalue weighted by Gasteiger charge is 2.12. The standard InChI is InChI=1S/C15H21N3O2/c1-4-18-12(9-16)10-17-15(18)11-6-7-13(19-3)14(8-11)20-5-2/h6-8,10H,4-5,9,16H2,1-3H3. The number of imidazole rings is 1. The van der Waals surface area contributed by atoms with Crippen molar-refractivity contribution in [2.24, 2.45) is 5.73 Å². The summed E-state index contributed by atoms with van der Waals surface area (Å²) in [6.07, 6.45) is 1.82. The van der Waals surface area contributed by atoms with Gasteiger partial charge >= 0.3 is 0 Å². The van der Waals surface area contributed by atoms with Crippen LogP contribution < -0.4 is 15.2 Å². The van der Waals surface area contributed by atoms with Crippen LogP contribution in [0.3, 0.4) is 0 Å². The molecule has 5 heteroatoms. The topological polar surface area (TPSA) is 62.3 Å². The largest absolute Gasteiger partial charge is 0.493 e. The number of nitrogens with two attached hydrogens (primary N) is 1. The van der Waals surface area contributed by atoms with E-state index in [0.717, 1.165) is 35.1 Å². The van der Waals surface area contributed by atoms with Gasteiger partial charge in [-0.25, -0.2) is 4.98 Å². The fraction of sp³-hybridized carbons (Fsp3) is 0.400. The molecule has 0 saturated heterocycles. The lowest BCUT2D eigenvalue weighted by atomic mass is 10.2. The van der Waals surface area contributed by atoms with Crippen molar-refractivity contribution >= 4 is 0 Å². The molecule has 5 nitrogen and oxygen atoms in total. The first-order chi connectivity index (χ1) is 9.74. The van der Waals surface area contributed by atoms with Crippen LogP contribution in [0.4, 0.5) is 0 Å². The van der Waals surface area contributed by atoms with Gasteiger partial charge in [-0.15, -0.1) is 0 Å². The maximum atomic E-state index is 5.74. The Kier molecular flexibility index (Phi) is 4.63. The van der Waals surface area contributed by atoms with Crippen LogP contribution >= 0.6 is 0 Å². The van der Waals surface area contributed by atoms with Gasteiger partial charge in [0.2, 0.25) is 0 Å². The maximum absolute atomic E-state index is 5.74. The minimum atomic E-state index is 0.481. The molecule has 0 aliphatic carbocycles. The number of rotatable bonds is 6. The second-order valence-corrected chi connectivity index (χ2v) is 4.32. The van der Waals surface area contributed by atoms with E-state index in [4.69, 9.17) is 15.2 Å². The molecule has 0 fully saturated rings. The van der Waals surface area contributed by atoms with Crippen LogP contribution in [-0.2, 0) is 13.1 Å². The van der Waals surface area contributed by atoms with Crippen LogP contribution in [0.15, 0.2) is 24.4 Å². The van der Waals surface area contributed by atoms with E-state index in [0.29, 0.717) is 13.2 Å². The van der Waals surface area contributed by atoms with E-state index in [2.05, 4.69) is 16.5 Å². The first kappa shape index (κ1) is 14.4. The first-order valence-corrected chi connectivity index (χ1v) is 6.80. The normalized spacial score (nSPS) is 10.6. The number of hydrogen-bond acceptors (Lipinski definition) is 4. The van der Waals surface area contributed by atoms with Crippen molar-refractivity contribution < 1.29 is 9.47 Å². The van der Waals surface area contributed by atoms with Gasteiger partial charge in [-0.3, -0.25) is 0 Å². The summed E-state index contributed by atoms with van der Waals surface area (Å²) < 4.78 is 13.0.